The molecule has 1 heterocycles. The Labute approximate surface area is 144 Å². The second-order valence-electron chi connectivity index (χ2n) is 4.53. The molecule has 1 aromatic heterocycles. The third kappa shape index (κ3) is 5.53. The molecule has 0 N–H and O–H groups in total. The summed E-state index contributed by atoms with van der Waals surface area (Å²) in [5.74, 6) is 0.783. The first-order chi connectivity index (χ1) is 11.2. The predicted molar refractivity (Wildman–Crippen MR) is 73.0 cm³/mol. The Morgan fingerprint density at radius 2 is 1.50 bits per heavy atom. The lowest BCUT2D eigenvalue weighted by atomic mass is 10.2. The number of tetrazole rings is 1. The summed E-state index contributed by atoms with van der Waals surface area (Å²) in [4.78, 5) is 1.55. The molecule has 0 saturated heterocycles. The molecular weight excluding hydrogens is 359 g/mol. The molecule has 24 heavy (non-hydrogen) atoms. The van der Waals surface area contributed by atoms with E-state index in [1.807, 2.05) is 59.3 Å². The molecule has 2 aromatic carbocycles. The number of aryl methyl sites for hydroxylation is 1. The van der Waals surface area contributed by atoms with Crippen molar-refractivity contribution in [3.05, 3.63) is 59.6 Å². The first-order valence-corrected chi connectivity index (χ1v) is 8.12. The van der Waals surface area contributed by atoms with Gasteiger partial charge in [0.1, 0.15) is 12.7 Å². The normalized spacial score (nSPS) is 10.9. The van der Waals surface area contributed by atoms with E-state index in [1.54, 1.807) is 11.8 Å². The van der Waals surface area contributed by atoms with E-state index in [0.29, 0.717) is 5.02 Å². The van der Waals surface area contributed by atoms with Gasteiger partial charge in [-0.05, 0) is 41.2 Å². The molecule has 3 aromatic rings. The Morgan fingerprint density at radius 3 is 2.04 bits per heavy atom. The van der Waals surface area contributed by atoms with Crippen LogP contribution in [0, 0.1) is 10.2 Å². The minimum absolute atomic E-state index is 0.707. The highest BCUT2D eigenvalue weighted by Gasteiger charge is 2.20. The van der Waals surface area contributed by atoms with E-state index in [-0.39, 0.29) is 0 Å². The number of rotatable bonds is 2. The largest absolute Gasteiger partial charge is 0.334 e. The van der Waals surface area contributed by atoms with Crippen LogP contribution in [-0.4, -0.2) is 15.1 Å². The summed E-state index contributed by atoms with van der Waals surface area (Å²) in [5, 5.41) is 9.49. The summed E-state index contributed by atoms with van der Waals surface area (Å²) < 4.78 is 35.8. The van der Waals surface area contributed by atoms with Crippen LogP contribution in [0.15, 0.2) is 54.6 Å². The van der Waals surface area contributed by atoms with Gasteiger partial charge in [-0.3, -0.25) is 0 Å². The Balaban J connectivity index is 0.000000368. The van der Waals surface area contributed by atoms with Crippen LogP contribution in [0.3, 0.4) is 0 Å². The molecule has 0 unspecified atom stereocenters. The van der Waals surface area contributed by atoms with E-state index < -0.39 is 10.2 Å². The van der Waals surface area contributed by atoms with Crippen LogP contribution < -0.4 is 23.3 Å². The molecule has 10 heteroatoms. The van der Waals surface area contributed by atoms with Gasteiger partial charge in [0, 0.05) is 5.02 Å². The van der Waals surface area contributed by atoms with E-state index >= 15 is 0 Å². The highest BCUT2D eigenvalue weighted by molar-refractivity contribution is 6.30. The van der Waals surface area contributed by atoms with E-state index in [0.717, 1.165) is 17.1 Å². The van der Waals surface area contributed by atoms with Gasteiger partial charge < -0.3 is 0 Å². The van der Waals surface area contributed by atoms with Gasteiger partial charge in [0.15, 0.2) is 0 Å². The number of nitrogens with zero attached hydrogens (tertiary/aromatic N) is 4. The van der Waals surface area contributed by atoms with Crippen LogP contribution in [0.1, 0.15) is 0 Å². The average Bonchev–Trinajstić information content (AvgIpc) is 2.89. The van der Waals surface area contributed by atoms with Crippen molar-refractivity contribution < 1.29 is 33.6 Å². The lowest BCUT2D eigenvalue weighted by molar-refractivity contribution is -2.00. The third-order valence-electron chi connectivity index (χ3n) is 2.76. The van der Waals surface area contributed by atoms with E-state index in [4.69, 9.17) is 30.2 Å². The molecule has 0 bridgehead atoms. The molecule has 3 rings (SSSR count). The summed E-state index contributed by atoms with van der Waals surface area (Å²) >= 11 is 5.91. The van der Waals surface area contributed by atoms with Crippen molar-refractivity contribution in [2.75, 3.05) is 0 Å². The molecule has 0 fully saturated rings. The zero-order chi connectivity index (χ0) is 17.7. The van der Waals surface area contributed by atoms with E-state index in [9.17, 15) is 0 Å². The molecule has 0 saturated carbocycles. The van der Waals surface area contributed by atoms with Gasteiger partial charge >= 0.3 is 5.82 Å². The fourth-order valence-corrected chi connectivity index (χ4v) is 2.02. The van der Waals surface area contributed by atoms with Gasteiger partial charge in [-0.15, -0.1) is 10.2 Å². The standard InChI is InChI=1S/C14H12ClN4.ClHO4/c1-18-16-14(11-7-9-12(15)10-8-11)19(17-18)13-5-3-2-4-6-13;2-1(3,4)5/h2-10H,1H3;(H,2,3,4,5)/q+1;/p-1. The summed E-state index contributed by atoms with van der Waals surface area (Å²) in [6, 6.07) is 17.5. The van der Waals surface area contributed by atoms with Crippen molar-refractivity contribution in [3.8, 4) is 17.1 Å². The fraction of sp³-hybridized carbons (Fsp3) is 0.0714. The maximum atomic E-state index is 8.49. The van der Waals surface area contributed by atoms with Crippen molar-refractivity contribution in [3.63, 3.8) is 0 Å². The fourth-order valence-electron chi connectivity index (χ4n) is 1.89. The van der Waals surface area contributed by atoms with Crippen LogP contribution in [0.2, 0.25) is 5.02 Å². The highest BCUT2D eigenvalue weighted by Crippen LogP contribution is 2.17. The van der Waals surface area contributed by atoms with E-state index in [1.165, 1.54) is 0 Å². The highest BCUT2D eigenvalue weighted by atomic mass is 35.7. The van der Waals surface area contributed by atoms with Crippen LogP contribution in [0.5, 0.6) is 0 Å². The Bertz CT molecular complexity index is 783. The number of hydrogen-bond donors (Lipinski definition) is 0. The zero-order valence-corrected chi connectivity index (χ0v) is 13.9. The maximum Gasteiger partial charge on any atom is 0.334 e. The minimum Gasteiger partial charge on any atom is -0.222 e. The Kier molecular flexibility index (Phi) is 5.84. The zero-order valence-electron chi connectivity index (χ0n) is 12.4. The number of hydrogen-bond acceptors (Lipinski definition) is 6. The van der Waals surface area contributed by atoms with Crippen molar-refractivity contribution >= 4 is 11.6 Å². The molecule has 126 valence electrons. The van der Waals surface area contributed by atoms with Gasteiger partial charge in [0.05, 0.1) is 15.9 Å². The average molecular weight is 371 g/mol. The van der Waals surface area contributed by atoms with Crippen LogP contribution in [-0.2, 0) is 7.05 Å². The van der Waals surface area contributed by atoms with Gasteiger partial charge in [0.2, 0.25) is 0 Å². The van der Waals surface area contributed by atoms with Crippen LogP contribution in [0.4, 0.5) is 0 Å². The van der Waals surface area contributed by atoms with Gasteiger partial charge in [0.25, 0.3) is 0 Å². The van der Waals surface area contributed by atoms with Gasteiger partial charge in [-0.25, -0.2) is 18.6 Å². The summed E-state index contributed by atoms with van der Waals surface area (Å²) in [6.45, 7) is 0. The second-order valence-corrected chi connectivity index (χ2v) is 5.73. The van der Waals surface area contributed by atoms with Gasteiger partial charge in [-0.1, -0.05) is 34.5 Å². The predicted octanol–water partition coefficient (Wildman–Crippen LogP) is -2.34. The van der Waals surface area contributed by atoms with Gasteiger partial charge in [-0.2, -0.15) is 0 Å². The molecule has 0 atom stereocenters. The molecule has 0 radical (unpaired) electrons. The Morgan fingerprint density at radius 1 is 0.958 bits per heavy atom. The molecule has 0 aliphatic rings. The van der Waals surface area contributed by atoms with Crippen LogP contribution in [0.25, 0.3) is 17.1 Å². The first kappa shape index (κ1) is 18.3. The van der Waals surface area contributed by atoms with Crippen molar-refractivity contribution in [1.29, 1.82) is 0 Å². The maximum absolute atomic E-state index is 8.49. The quantitative estimate of drug-likeness (QED) is 0.465. The number of benzene rings is 2. The summed E-state index contributed by atoms with van der Waals surface area (Å²) in [7, 11) is -3.14. The smallest absolute Gasteiger partial charge is 0.222 e. The summed E-state index contributed by atoms with van der Waals surface area (Å²) in [5.41, 5.74) is 1.95. The first-order valence-electron chi connectivity index (χ1n) is 6.51. The number of halogens is 2. The SMILES string of the molecule is Cn1nc(-c2ccc(Cl)cc2)[n+](-c2ccccc2)n1.[O-][Cl+3]([O-])([O-])[O-]. The van der Waals surface area contributed by atoms with Crippen molar-refractivity contribution in [2.24, 2.45) is 7.05 Å². The topological polar surface area (TPSA) is 127 Å². The van der Waals surface area contributed by atoms with Crippen LogP contribution >= 0.6 is 11.6 Å². The van der Waals surface area contributed by atoms with Crippen molar-refractivity contribution in [1.82, 2.24) is 15.1 Å². The lowest BCUT2D eigenvalue weighted by Crippen LogP contribution is -2.68. The number of para-hydroxylation sites is 1. The van der Waals surface area contributed by atoms with E-state index in [2.05, 4.69) is 10.3 Å². The molecule has 0 aliphatic carbocycles. The molecule has 8 nitrogen and oxygen atoms in total. The molecular formula is C14H12Cl2N4O4. The third-order valence-corrected chi connectivity index (χ3v) is 3.01. The summed E-state index contributed by atoms with van der Waals surface area (Å²) in [6.07, 6.45) is 0. The molecule has 0 spiro atoms. The molecule has 0 amide bonds. The lowest BCUT2D eigenvalue weighted by Gasteiger charge is -2.17. The van der Waals surface area contributed by atoms with Crippen molar-refractivity contribution in [2.45, 2.75) is 0 Å². The molecule has 0 aliphatic heterocycles. The second kappa shape index (κ2) is 7.67. The monoisotopic (exact) mass is 370 g/mol. The number of aromatic nitrogens is 4. The Hall–Kier alpha value is -2.07. The minimum atomic E-state index is -4.94.